The van der Waals surface area contributed by atoms with Crippen molar-refractivity contribution >= 4 is 11.8 Å². The van der Waals surface area contributed by atoms with Gasteiger partial charge in [0.1, 0.15) is 17.3 Å². The van der Waals surface area contributed by atoms with Crippen LogP contribution in [0.25, 0.3) is 6.08 Å². The van der Waals surface area contributed by atoms with Crippen LogP contribution in [0, 0.1) is 23.5 Å². The number of anilines is 1. The molecule has 1 aliphatic carbocycles. The second-order valence-electron chi connectivity index (χ2n) is 5.75. The van der Waals surface area contributed by atoms with Gasteiger partial charge in [0.25, 0.3) is 0 Å². The van der Waals surface area contributed by atoms with Crippen molar-refractivity contribution in [1.29, 1.82) is 0 Å². The molecule has 0 atom stereocenters. The van der Waals surface area contributed by atoms with Crippen molar-refractivity contribution in [2.24, 2.45) is 0 Å². The highest BCUT2D eigenvalue weighted by atomic mass is 19.1. The van der Waals surface area contributed by atoms with Crippen LogP contribution in [0.4, 0.5) is 14.5 Å². The molecule has 2 aromatic carbocycles. The van der Waals surface area contributed by atoms with Gasteiger partial charge in [-0.05, 0) is 48.2 Å². The Hall–Kier alpha value is -2.60. The van der Waals surface area contributed by atoms with Gasteiger partial charge in [-0.1, -0.05) is 42.9 Å². The lowest BCUT2D eigenvalue weighted by atomic mass is 10.0. The summed E-state index contributed by atoms with van der Waals surface area (Å²) < 4.78 is 26.8. The molecule has 116 valence electrons. The van der Waals surface area contributed by atoms with Crippen LogP contribution in [0.3, 0.4) is 0 Å². The van der Waals surface area contributed by atoms with Gasteiger partial charge >= 0.3 is 0 Å². The lowest BCUT2D eigenvalue weighted by Gasteiger charge is -2.01. The molecule has 3 heteroatoms. The van der Waals surface area contributed by atoms with E-state index in [0.717, 1.165) is 37.0 Å². The molecule has 1 nitrogen and oxygen atoms in total. The number of fused-ring (bicyclic) bond motifs is 1. The molecular weight excluding hydrogens is 292 g/mol. The highest BCUT2D eigenvalue weighted by molar-refractivity contribution is 5.65. The summed E-state index contributed by atoms with van der Waals surface area (Å²) in [5.41, 5.74) is 9.84. The molecular formula is C20H17F2N. The first-order chi connectivity index (χ1) is 11.1. The van der Waals surface area contributed by atoms with Gasteiger partial charge in [0, 0.05) is 11.1 Å². The first-order valence-electron chi connectivity index (χ1n) is 7.65. The molecule has 1 aliphatic rings. The molecule has 0 aliphatic heterocycles. The first kappa shape index (κ1) is 15.3. The molecule has 0 saturated heterocycles. The maximum Gasteiger partial charge on any atom is 0.150 e. The molecule has 0 radical (unpaired) electrons. The van der Waals surface area contributed by atoms with Crippen LogP contribution in [0.1, 0.15) is 42.0 Å². The van der Waals surface area contributed by atoms with Gasteiger partial charge in [0.2, 0.25) is 0 Å². The summed E-state index contributed by atoms with van der Waals surface area (Å²) in [6.45, 7) is 2.17. The normalized spacial score (nSPS) is 12.4. The van der Waals surface area contributed by atoms with Crippen LogP contribution in [0.15, 0.2) is 35.9 Å². The van der Waals surface area contributed by atoms with E-state index in [1.54, 1.807) is 0 Å². The third kappa shape index (κ3) is 3.27. The van der Waals surface area contributed by atoms with Crippen LogP contribution >= 0.6 is 0 Å². The zero-order valence-corrected chi connectivity index (χ0v) is 12.9. The predicted octanol–water partition coefficient (Wildman–Crippen LogP) is 4.69. The minimum Gasteiger partial charge on any atom is -0.394 e. The topological polar surface area (TPSA) is 26.0 Å². The van der Waals surface area contributed by atoms with Gasteiger partial charge in [-0.3, -0.25) is 0 Å². The molecule has 0 heterocycles. The zero-order chi connectivity index (χ0) is 16.4. The fourth-order valence-corrected chi connectivity index (χ4v) is 2.78. The number of benzene rings is 2. The standard InChI is InChI=1S/C20H17F2N/c1-2-3-14-9-16-7-6-13(8-17(16)10-14)4-5-15-11-18(21)20(23)19(22)12-15/h6-9,11-12H,2-3,10,23H2,1H3. The number of allylic oxidation sites excluding steroid dienone is 1. The van der Waals surface area contributed by atoms with Gasteiger partial charge in [0.15, 0.2) is 0 Å². The average Bonchev–Trinajstić information content (AvgIpc) is 2.92. The van der Waals surface area contributed by atoms with E-state index in [1.165, 1.54) is 16.7 Å². The van der Waals surface area contributed by atoms with E-state index in [0.29, 0.717) is 0 Å². The molecule has 0 amide bonds. The Balaban J connectivity index is 1.84. The fourth-order valence-electron chi connectivity index (χ4n) is 2.78. The molecule has 0 aromatic heterocycles. The van der Waals surface area contributed by atoms with E-state index < -0.39 is 17.3 Å². The van der Waals surface area contributed by atoms with Crippen LogP contribution in [-0.4, -0.2) is 0 Å². The summed E-state index contributed by atoms with van der Waals surface area (Å²) in [5.74, 6) is 4.20. The number of hydrogen-bond donors (Lipinski definition) is 1. The third-order valence-electron chi connectivity index (χ3n) is 3.92. The molecule has 0 fully saturated rings. The minimum atomic E-state index is -0.781. The smallest absolute Gasteiger partial charge is 0.150 e. The van der Waals surface area contributed by atoms with Crippen molar-refractivity contribution in [3.63, 3.8) is 0 Å². The predicted molar refractivity (Wildman–Crippen MR) is 89.8 cm³/mol. The molecule has 0 spiro atoms. The van der Waals surface area contributed by atoms with Crippen molar-refractivity contribution < 1.29 is 8.78 Å². The van der Waals surface area contributed by atoms with Crippen molar-refractivity contribution in [3.8, 4) is 11.8 Å². The maximum atomic E-state index is 13.4. The Morgan fingerprint density at radius 3 is 2.43 bits per heavy atom. The van der Waals surface area contributed by atoms with E-state index in [2.05, 4.69) is 24.8 Å². The number of rotatable bonds is 2. The second-order valence-corrected chi connectivity index (χ2v) is 5.75. The molecule has 3 rings (SSSR count). The number of nitrogens with two attached hydrogens (primary N) is 1. The average molecular weight is 309 g/mol. The van der Waals surface area contributed by atoms with E-state index in [4.69, 9.17) is 5.73 Å². The largest absolute Gasteiger partial charge is 0.394 e. The SMILES string of the molecule is CCCC1=Cc2ccc(C#Cc3cc(F)c(N)c(F)c3)cc2C1. The van der Waals surface area contributed by atoms with Crippen molar-refractivity contribution in [3.05, 3.63) is 69.8 Å². The quantitative estimate of drug-likeness (QED) is 0.632. The van der Waals surface area contributed by atoms with Gasteiger partial charge in [-0.15, -0.1) is 0 Å². The molecule has 2 N–H and O–H groups in total. The number of nitrogen functional groups attached to an aromatic ring is 1. The lowest BCUT2D eigenvalue weighted by Crippen LogP contribution is -1.96. The summed E-state index contributed by atoms with van der Waals surface area (Å²) in [4.78, 5) is 0. The highest BCUT2D eigenvalue weighted by Gasteiger charge is 2.12. The number of hydrogen-bond acceptors (Lipinski definition) is 1. The Morgan fingerprint density at radius 2 is 1.74 bits per heavy atom. The molecule has 2 aromatic rings. The van der Waals surface area contributed by atoms with Crippen LogP contribution < -0.4 is 5.73 Å². The zero-order valence-electron chi connectivity index (χ0n) is 12.9. The van der Waals surface area contributed by atoms with Crippen molar-refractivity contribution in [2.45, 2.75) is 26.2 Å². The summed E-state index contributed by atoms with van der Waals surface area (Å²) in [6.07, 6.45) is 5.45. The van der Waals surface area contributed by atoms with Gasteiger partial charge in [0.05, 0.1) is 0 Å². The Labute approximate surface area is 134 Å². The maximum absolute atomic E-state index is 13.4. The third-order valence-corrected chi connectivity index (χ3v) is 3.92. The fraction of sp³-hybridized carbons (Fsp3) is 0.200. The Kier molecular flexibility index (Phi) is 4.16. The van der Waals surface area contributed by atoms with Crippen LogP contribution in [-0.2, 0) is 6.42 Å². The first-order valence-corrected chi connectivity index (χ1v) is 7.65. The van der Waals surface area contributed by atoms with Crippen molar-refractivity contribution in [2.75, 3.05) is 5.73 Å². The summed E-state index contributed by atoms with van der Waals surface area (Å²) in [7, 11) is 0. The van der Waals surface area contributed by atoms with Gasteiger partial charge in [-0.25, -0.2) is 8.78 Å². The second kappa shape index (κ2) is 6.26. The Bertz CT molecular complexity index is 831. The van der Waals surface area contributed by atoms with E-state index in [1.807, 2.05) is 18.2 Å². The lowest BCUT2D eigenvalue weighted by molar-refractivity contribution is 0.591. The summed E-state index contributed by atoms with van der Waals surface area (Å²) in [6, 6.07) is 8.33. The number of halogens is 2. The van der Waals surface area contributed by atoms with E-state index >= 15 is 0 Å². The summed E-state index contributed by atoms with van der Waals surface area (Å²) in [5, 5.41) is 0. The van der Waals surface area contributed by atoms with E-state index in [9.17, 15) is 8.78 Å². The summed E-state index contributed by atoms with van der Waals surface area (Å²) >= 11 is 0. The minimum absolute atomic E-state index is 0.277. The monoisotopic (exact) mass is 309 g/mol. The van der Waals surface area contributed by atoms with Crippen LogP contribution in [0.5, 0.6) is 0 Å². The Morgan fingerprint density at radius 1 is 1.04 bits per heavy atom. The van der Waals surface area contributed by atoms with E-state index in [-0.39, 0.29) is 5.56 Å². The molecule has 23 heavy (non-hydrogen) atoms. The van der Waals surface area contributed by atoms with Gasteiger partial charge < -0.3 is 5.73 Å². The highest BCUT2D eigenvalue weighted by Crippen LogP contribution is 2.28. The molecule has 0 unspecified atom stereocenters. The van der Waals surface area contributed by atoms with Crippen molar-refractivity contribution in [1.82, 2.24) is 0 Å². The molecule has 0 saturated carbocycles. The van der Waals surface area contributed by atoms with Crippen LogP contribution in [0.2, 0.25) is 0 Å². The molecule has 0 bridgehead atoms. The van der Waals surface area contributed by atoms with Gasteiger partial charge in [-0.2, -0.15) is 0 Å².